The first kappa shape index (κ1) is 37.6. The number of anilines is 6. The Hall–Kier alpha value is -8.20. The molecule has 0 spiro atoms. The van der Waals surface area contributed by atoms with E-state index in [1.54, 1.807) is 0 Å². The molecule has 0 saturated carbocycles. The normalized spacial score (nSPS) is 14.4. The molecule has 2 nitrogen and oxygen atoms in total. The van der Waals surface area contributed by atoms with Crippen LogP contribution >= 0.6 is 0 Å². The van der Waals surface area contributed by atoms with Gasteiger partial charge in [-0.1, -0.05) is 183 Å². The lowest BCUT2D eigenvalue weighted by Crippen LogP contribution is -2.25. The highest BCUT2D eigenvalue weighted by Crippen LogP contribution is 2.60. The van der Waals surface area contributed by atoms with Crippen LogP contribution in [0.3, 0.4) is 0 Å². The van der Waals surface area contributed by atoms with E-state index in [-0.39, 0.29) is 11.8 Å². The van der Waals surface area contributed by atoms with Gasteiger partial charge in [-0.15, -0.1) is 0 Å². The summed E-state index contributed by atoms with van der Waals surface area (Å²) in [6.07, 6.45) is 3.82. The van der Waals surface area contributed by atoms with Crippen molar-refractivity contribution >= 4 is 67.8 Å². The molecular weight excluding hydrogens is 773 g/mol. The fraction of sp³-hybridized carbons (Fsp3) is 0.0323. The molecule has 2 aliphatic rings. The number of rotatable bonds is 8. The van der Waals surface area contributed by atoms with Crippen molar-refractivity contribution in [1.29, 1.82) is 0 Å². The van der Waals surface area contributed by atoms with Gasteiger partial charge in [0.05, 0.1) is 11.4 Å². The van der Waals surface area contributed by atoms with Crippen LogP contribution in [-0.4, -0.2) is 0 Å². The highest BCUT2D eigenvalue weighted by molar-refractivity contribution is 6.01. The molecule has 10 aromatic carbocycles. The minimum Gasteiger partial charge on any atom is -0.310 e. The van der Waals surface area contributed by atoms with E-state index in [2.05, 4.69) is 241 Å². The zero-order valence-electron chi connectivity index (χ0n) is 35.4. The number of hydrogen-bond acceptors (Lipinski definition) is 2. The first-order valence-corrected chi connectivity index (χ1v) is 22.1. The number of benzene rings is 10. The largest absolute Gasteiger partial charge is 0.310 e. The van der Waals surface area contributed by atoms with Crippen LogP contribution in [0.25, 0.3) is 56.0 Å². The second kappa shape index (κ2) is 15.3. The summed E-state index contributed by atoms with van der Waals surface area (Å²) in [7, 11) is 0. The zero-order valence-corrected chi connectivity index (χ0v) is 35.4. The van der Waals surface area contributed by atoms with Crippen LogP contribution in [0.15, 0.2) is 232 Å². The van der Waals surface area contributed by atoms with Gasteiger partial charge in [-0.2, -0.15) is 0 Å². The molecule has 0 saturated heterocycles. The van der Waals surface area contributed by atoms with E-state index in [0.717, 1.165) is 45.3 Å². The maximum atomic E-state index is 4.05. The molecule has 12 rings (SSSR count). The quantitative estimate of drug-likeness (QED) is 0.151. The summed E-state index contributed by atoms with van der Waals surface area (Å²) in [6, 6.07) is 80.8. The van der Waals surface area contributed by atoms with Crippen LogP contribution in [0, 0.1) is 0 Å². The van der Waals surface area contributed by atoms with Gasteiger partial charge in [-0.25, -0.2) is 0 Å². The Morgan fingerprint density at radius 3 is 1.11 bits per heavy atom. The van der Waals surface area contributed by atoms with Crippen LogP contribution < -0.4 is 9.80 Å². The van der Waals surface area contributed by atoms with Crippen molar-refractivity contribution in [2.45, 2.75) is 11.8 Å². The molecule has 64 heavy (non-hydrogen) atoms. The molecule has 0 amide bonds. The van der Waals surface area contributed by atoms with Crippen LogP contribution in [-0.2, 0) is 0 Å². The van der Waals surface area contributed by atoms with E-state index >= 15 is 0 Å². The average molecular weight is 817 g/mol. The van der Waals surface area contributed by atoms with Gasteiger partial charge < -0.3 is 9.80 Å². The number of hydrogen-bond donors (Lipinski definition) is 0. The molecule has 302 valence electrons. The fourth-order valence-electron chi connectivity index (χ4n) is 10.6. The Bertz CT molecular complexity index is 3210. The van der Waals surface area contributed by atoms with Gasteiger partial charge in [-0.3, -0.25) is 0 Å². The summed E-state index contributed by atoms with van der Waals surface area (Å²) >= 11 is 0. The summed E-state index contributed by atoms with van der Waals surface area (Å²) < 4.78 is 0. The van der Waals surface area contributed by atoms with Crippen molar-refractivity contribution < 1.29 is 0 Å². The summed E-state index contributed by atoms with van der Waals surface area (Å²) in [5.74, 6) is 0.137. The Labute approximate surface area is 375 Å². The second-order valence-corrected chi connectivity index (χ2v) is 16.9. The average Bonchev–Trinajstić information content (AvgIpc) is 3.37. The number of fused-ring (bicyclic) bond motifs is 13. The van der Waals surface area contributed by atoms with Crippen molar-refractivity contribution in [2.24, 2.45) is 0 Å². The van der Waals surface area contributed by atoms with Crippen molar-refractivity contribution in [1.82, 2.24) is 0 Å². The van der Waals surface area contributed by atoms with E-state index < -0.39 is 0 Å². The highest BCUT2D eigenvalue weighted by atomic mass is 15.1. The molecule has 0 aliphatic heterocycles. The van der Waals surface area contributed by atoms with Gasteiger partial charge >= 0.3 is 0 Å². The molecular formula is C62H44N2. The first-order chi connectivity index (χ1) is 31.7. The third-order valence-electron chi connectivity index (χ3n) is 13.6. The Morgan fingerprint density at radius 2 is 0.672 bits per heavy atom. The maximum Gasteiger partial charge on any atom is 0.0540 e. The Morgan fingerprint density at radius 1 is 0.312 bits per heavy atom. The molecule has 0 heterocycles. The summed E-state index contributed by atoms with van der Waals surface area (Å²) in [5, 5.41) is 4.83. The van der Waals surface area contributed by atoms with E-state index in [9.17, 15) is 0 Å². The van der Waals surface area contributed by atoms with Crippen molar-refractivity contribution in [3.05, 3.63) is 265 Å². The van der Waals surface area contributed by atoms with Gasteiger partial charge in [0.1, 0.15) is 0 Å². The van der Waals surface area contributed by atoms with Gasteiger partial charge in [0.2, 0.25) is 0 Å². The zero-order chi connectivity index (χ0) is 42.7. The van der Waals surface area contributed by atoms with Gasteiger partial charge in [0, 0.05) is 45.4 Å². The predicted molar refractivity (Wildman–Crippen MR) is 272 cm³/mol. The Kier molecular flexibility index (Phi) is 8.98. The number of nitrogens with zero attached hydrogens (tertiary/aromatic N) is 2. The maximum absolute atomic E-state index is 4.05. The molecule has 2 atom stereocenters. The third-order valence-corrected chi connectivity index (χ3v) is 13.6. The highest BCUT2D eigenvalue weighted by Gasteiger charge is 2.41. The van der Waals surface area contributed by atoms with Gasteiger partial charge in [0.15, 0.2) is 0 Å². The predicted octanol–water partition coefficient (Wildman–Crippen LogP) is 17.1. The summed E-state index contributed by atoms with van der Waals surface area (Å²) in [4.78, 5) is 4.87. The van der Waals surface area contributed by atoms with Crippen LogP contribution in [0.2, 0.25) is 0 Å². The minimum absolute atomic E-state index is 0.0687. The molecule has 0 fully saturated rings. The van der Waals surface area contributed by atoms with E-state index in [1.807, 2.05) is 12.2 Å². The smallest absolute Gasteiger partial charge is 0.0540 e. The Balaban J connectivity index is 1.09. The summed E-state index contributed by atoms with van der Waals surface area (Å²) in [5.41, 5.74) is 19.5. The molecule has 2 heteroatoms. The lowest BCUT2D eigenvalue weighted by Gasteiger charge is -2.42. The molecule has 2 aliphatic carbocycles. The third kappa shape index (κ3) is 6.02. The van der Waals surface area contributed by atoms with Crippen molar-refractivity contribution in [3.63, 3.8) is 0 Å². The SMILES string of the molecule is C=Cc1ccc(N(c2ccc3c(c2)C2c4ccccc4-c4ccc(N(c5ccc(C=C)cc5)c5cccc6ccccc56)cc4C2c2ccccc2-3)c2cccc3ccccc23)cc1. The van der Waals surface area contributed by atoms with Gasteiger partial charge in [-0.05, 0) is 127 Å². The van der Waals surface area contributed by atoms with Crippen molar-refractivity contribution in [2.75, 3.05) is 9.80 Å². The lowest BCUT2D eigenvalue weighted by atomic mass is 9.61. The standard InChI is InChI=1S/C62H44N2/c1-3-41-27-31-45(32-28-41)63(59-25-13-17-43-15-5-7-19-49(43)59)47-35-37-53-51-21-9-12-24-56(51)62-58-40-48(36-38-54(58)52-22-10-11-23-55(52)61(62)57(53)39-47)64(46-33-29-42(4-2)30-34-46)60-26-14-18-44-16-6-8-20-50(44)60/h3-40,61-62H,1-2H2. The van der Waals surface area contributed by atoms with Crippen molar-refractivity contribution in [3.8, 4) is 22.3 Å². The van der Waals surface area contributed by atoms with Crippen LogP contribution in [0.4, 0.5) is 34.1 Å². The summed E-state index contributed by atoms with van der Waals surface area (Å²) in [6.45, 7) is 8.09. The second-order valence-electron chi connectivity index (χ2n) is 16.9. The monoisotopic (exact) mass is 816 g/mol. The molecule has 0 bridgehead atoms. The molecule has 0 aromatic heterocycles. The lowest BCUT2D eigenvalue weighted by molar-refractivity contribution is 0.677. The first-order valence-electron chi connectivity index (χ1n) is 22.1. The molecule has 0 N–H and O–H groups in total. The van der Waals surface area contributed by atoms with E-state index in [4.69, 9.17) is 0 Å². The molecule has 2 unspecified atom stereocenters. The topological polar surface area (TPSA) is 6.48 Å². The van der Waals surface area contributed by atoms with E-state index in [0.29, 0.717) is 0 Å². The molecule has 0 radical (unpaired) electrons. The minimum atomic E-state index is 0.0687. The van der Waals surface area contributed by atoms with Crippen LogP contribution in [0.5, 0.6) is 0 Å². The van der Waals surface area contributed by atoms with Crippen LogP contribution in [0.1, 0.15) is 45.2 Å². The fourth-order valence-corrected chi connectivity index (χ4v) is 10.6. The van der Waals surface area contributed by atoms with Gasteiger partial charge in [0.25, 0.3) is 0 Å². The van der Waals surface area contributed by atoms with E-state index in [1.165, 1.54) is 66.1 Å². The molecule has 10 aromatic rings.